The molecule has 7 heteroatoms. The van der Waals surface area contributed by atoms with Crippen molar-refractivity contribution in [1.82, 2.24) is 19.4 Å². The van der Waals surface area contributed by atoms with Crippen molar-refractivity contribution in [2.75, 3.05) is 26.3 Å². The summed E-state index contributed by atoms with van der Waals surface area (Å²) in [7, 11) is 0. The molecule has 0 aliphatic carbocycles. The van der Waals surface area contributed by atoms with Gasteiger partial charge in [-0.25, -0.2) is 9.97 Å². The molecule has 1 fully saturated rings. The van der Waals surface area contributed by atoms with E-state index in [0.717, 1.165) is 39.3 Å². The van der Waals surface area contributed by atoms with Crippen molar-refractivity contribution in [3.8, 4) is 11.3 Å². The molecule has 0 radical (unpaired) electrons. The van der Waals surface area contributed by atoms with Crippen LogP contribution in [0, 0.1) is 6.92 Å². The van der Waals surface area contributed by atoms with Gasteiger partial charge in [0.15, 0.2) is 0 Å². The monoisotopic (exact) mass is 508 g/mol. The van der Waals surface area contributed by atoms with E-state index in [4.69, 9.17) is 9.72 Å². The minimum Gasteiger partial charge on any atom is -0.378 e. The van der Waals surface area contributed by atoms with E-state index in [2.05, 4.69) is 65.0 Å². The van der Waals surface area contributed by atoms with E-state index < -0.39 is 0 Å². The number of aryl methyl sites for hydroxylation is 1. The predicted molar refractivity (Wildman–Crippen MR) is 147 cm³/mol. The summed E-state index contributed by atoms with van der Waals surface area (Å²) >= 11 is 1.50. The summed E-state index contributed by atoms with van der Waals surface area (Å²) in [6.45, 7) is 5.18. The first kappa shape index (κ1) is 23.6. The topological polar surface area (TPSA) is 60.2 Å². The third kappa shape index (κ3) is 4.92. The molecule has 6 rings (SSSR count). The zero-order valence-corrected chi connectivity index (χ0v) is 21.6. The number of fused-ring (bicyclic) bond motifs is 1. The highest BCUT2D eigenvalue weighted by molar-refractivity contribution is 7.14. The minimum absolute atomic E-state index is 0.0307. The van der Waals surface area contributed by atoms with Gasteiger partial charge in [-0.05, 0) is 23.3 Å². The summed E-state index contributed by atoms with van der Waals surface area (Å²) in [5, 5.41) is 3.14. The zero-order valence-electron chi connectivity index (χ0n) is 20.8. The molecule has 1 saturated heterocycles. The maximum atomic E-state index is 13.7. The summed E-state index contributed by atoms with van der Waals surface area (Å²) in [5.41, 5.74) is 5.30. The molecule has 0 saturated carbocycles. The Morgan fingerprint density at radius 1 is 1.00 bits per heavy atom. The van der Waals surface area contributed by atoms with Gasteiger partial charge in [-0.2, -0.15) is 0 Å². The van der Waals surface area contributed by atoms with Crippen LogP contribution in [-0.4, -0.2) is 51.6 Å². The number of benzene rings is 3. The number of thiazole rings is 1. The SMILES string of the molecule is Cc1ccc(Cn2cncc2Cc2nc(-c3cccc4ccccc34)c(C(=O)N3CCOCC3)s2)cc1. The second-order valence-corrected chi connectivity index (χ2v) is 10.5. The Hall–Kier alpha value is -3.81. The Labute approximate surface area is 220 Å². The fourth-order valence-electron chi connectivity index (χ4n) is 4.79. The lowest BCUT2D eigenvalue weighted by Gasteiger charge is -2.26. The van der Waals surface area contributed by atoms with Crippen molar-refractivity contribution in [1.29, 1.82) is 0 Å². The molecule has 0 N–H and O–H groups in total. The number of hydrogen-bond donors (Lipinski definition) is 0. The molecule has 0 unspecified atom stereocenters. The fraction of sp³-hybridized carbons (Fsp3) is 0.233. The molecule has 3 aromatic carbocycles. The average molecular weight is 509 g/mol. The number of carbonyl (C=O) groups excluding carboxylic acids is 1. The van der Waals surface area contributed by atoms with Crippen LogP contribution >= 0.6 is 11.3 Å². The number of morpholine rings is 1. The molecule has 1 aliphatic rings. The van der Waals surface area contributed by atoms with Crippen LogP contribution in [0.3, 0.4) is 0 Å². The van der Waals surface area contributed by atoms with E-state index in [0.29, 0.717) is 37.6 Å². The Kier molecular flexibility index (Phi) is 6.55. The number of amides is 1. The number of carbonyl (C=O) groups is 1. The summed E-state index contributed by atoms with van der Waals surface area (Å²) in [6, 6.07) is 23.0. The normalized spacial score (nSPS) is 13.8. The molecule has 3 heterocycles. The van der Waals surface area contributed by atoms with E-state index in [1.165, 1.54) is 22.5 Å². The van der Waals surface area contributed by atoms with Gasteiger partial charge in [-0.1, -0.05) is 72.3 Å². The molecule has 2 aromatic heterocycles. The zero-order chi connectivity index (χ0) is 25.2. The molecule has 0 spiro atoms. The fourth-order valence-corrected chi connectivity index (χ4v) is 5.85. The van der Waals surface area contributed by atoms with Crippen molar-refractivity contribution in [2.24, 2.45) is 0 Å². The van der Waals surface area contributed by atoms with Gasteiger partial charge in [-0.3, -0.25) is 4.79 Å². The third-order valence-electron chi connectivity index (χ3n) is 6.81. The number of imidazole rings is 1. The van der Waals surface area contributed by atoms with E-state index in [9.17, 15) is 4.79 Å². The minimum atomic E-state index is 0.0307. The van der Waals surface area contributed by atoms with Crippen LogP contribution in [0.25, 0.3) is 22.0 Å². The summed E-state index contributed by atoms with van der Waals surface area (Å²) in [6.07, 6.45) is 4.38. The molecular formula is C30H28N4O2S. The van der Waals surface area contributed by atoms with E-state index in [-0.39, 0.29) is 5.91 Å². The first-order chi connectivity index (χ1) is 18.2. The molecule has 37 heavy (non-hydrogen) atoms. The van der Waals surface area contributed by atoms with Crippen LogP contribution in [0.1, 0.15) is 31.5 Å². The van der Waals surface area contributed by atoms with Crippen LogP contribution in [0.2, 0.25) is 0 Å². The summed E-state index contributed by atoms with van der Waals surface area (Å²) in [5.74, 6) is 0.0307. The highest BCUT2D eigenvalue weighted by Gasteiger charge is 2.26. The van der Waals surface area contributed by atoms with E-state index in [1.807, 2.05) is 35.6 Å². The molecule has 1 aliphatic heterocycles. The smallest absolute Gasteiger partial charge is 0.266 e. The van der Waals surface area contributed by atoms with Crippen molar-refractivity contribution >= 4 is 28.0 Å². The molecular weight excluding hydrogens is 480 g/mol. The Morgan fingerprint density at radius 3 is 2.62 bits per heavy atom. The lowest BCUT2D eigenvalue weighted by Crippen LogP contribution is -2.40. The van der Waals surface area contributed by atoms with Crippen LogP contribution < -0.4 is 0 Å². The number of hydrogen-bond acceptors (Lipinski definition) is 5. The van der Waals surface area contributed by atoms with Crippen molar-refractivity contribution in [3.05, 3.63) is 106 Å². The second-order valence-electron chi connectivity index (χ2n) is 9.39. The maximum absolute atomic E-state index is 13.7. The van der Waals surface area contributed by atoms with Crippen LogP contribution in [0.4, 0.5) is 0 Å². The lowest BCUT2D eigenvalue weighted by atomic mass is 10.0. The van der Waals surface area contributed by atoms with Crippen molar-refractivity contribution < 1.29 is 9.53 Å². The first-order valence-corrected chi connectivity index (χ1v) is 13.4. The maximum Gasteiger partial charge on any atom is 0.266 e. The second kappa shape index (κ2) is 10.3. The average Bonchev–Trinajstić information content (AvgIpc) is 3.56. The van der Waals surface area contributed by atoms with Crippen molar-refractivity contribution in [3.63, 3.8) is 0 Å². The predicted octanol–water partition coefficient (Wildman–Crippen LogP) is 5.58. The van der Waals surface area contributed by atoms with Gasteiger partial charge in [-0.15, -0.1) is 11.3 Å². The number of rotatable bonds is 6. The van der Waals surface area contributed by atoms with Crippen LogP contribution in [0.15, 0.2) is 79.3 Å². The number of aromatic nitrogens is 3. The molecule has 186 valence electrons. The molecule has 0 atom stereocenters. The van der Waals surface area contributed by atoms with Crippen LogP contribution in [0.5, 0.6) is 0 Å². The number of ether oxygens (including phenoxy) is 1. The van der Waals surface area contributed by atoms with Gasteiger partial charge in [0.05, 0.1) is 30.2 Å². The quantitative estimate of drug-likeness (QED) is 0.300. The van der Waals surface area contributed by atoms with E-state index in [1.54, 1.807) is 0 Å². The van der Waals surface area contributed by atoms with Gasteiger partial charge in [0.1, 0.15) is 4.88 Å². The molecule has 1 amide bonds. The van der Waals surface area contributed by atoms with E-state index >= 15 is 0 Å². The number of nitrogens with zero attached hydrogens (tertiary/aromatic N) is 4. The van der Waals surface area contributed by atoms with Gasteiger partial charge >= 0.3 is 0 Å². The van der Waals surface area contributed by atoms with Crippen molar-refractivity contribution in [2.45, 2.75) is 19.9 Å². The highest BCUT2D eigenvalue weighted by atomic mass is 32.1. The molecule has 5 aromatic rings. The largest absolute Gasteiger partial charge is 0.378 e. The molecule has 0 bridgehead atoms. The highest BCUT2D eigenvalue weighted by Crippen LogP contribution is 2.35. The lowest BCUT2D eigenvalue weighted by molar-refractivity contribution is 0.0306. The summed E-state index contributed by atoms with van der Waals surface area (Å²) < 4.78 is 7.65. The first-order valence-electron chi connectivity index (χ1n) is 12.5. The molecule has 6 nitrogen and oxygen atoms in total. The summed E-state index contributed by atoms with van der Waals surface area (Å²) in [4.78, 5) is 25.8. The van der Waals surface area contributed by atoms with Gasteiger partial charge in [0.25, 0.3) is 5.91 Å². The van der Waals surface area contributed by atoms with Gasteiger partial charge in [0.2, 0.25) is 0 Å². The Morgan fingerprint density at radius 2 is 1.78 bits per heavy atom. The standard InChI is InChI=1S/C30H28N4O2S/c1-21-9-11-22(12-10-21)19-34-20-31-18-24(34)17-27-32-28(26-8-4-6-23-5-2-3-7-25(23)26)29(37-27)30(35)33-13-15-36-16-14-33/h2-12,18,20H,13-17,19H2,1H3. The third-order valence-corrected chi connectivity index (χ3v) is 7.86. The van der Waals surface area contributed by atoms with Gasteiger partial charge < -0.3 is 14.2 Å². The Balaban J connectivity index is 1.37. The van der Waals surface area contributed by atoms with Crippen LogP contribution in [-0.2, 0) is 17.7 Å². The Bertz CT molecular complexity index is 1540. The van der Waals surface area contributed by atoms with Gasteiger partial charge in [0, 0.05) is 43.5 Å².